The Morgan fingerprint density at radius 3 is 2.76 bits per heavy atom. The van der Waals surface area contributed by atoms with Crippen LogP contribution in [0, 0.1) is 6.92 Å². The molecule has 0 saturated heterocycles. The van der Waals surface area contributed by atoms with Gasteiger partial charge >= 0.3 is 0 Å². The Bertz CT molecular complexity index is 495. The summed E-state index contributed by atoms with van der Waals surface area (Å²) in [6, 6.07) is 11.8. The van der Waals surface area contributed by atoms with Crippen molar-refractivity contribution >= 4 is 23.1 Å². The molecule has 0 fully saturated rings. The molecule has 1 aromatic heterocycles. The maximum absolute atomic E-state index is 5.14. The van der Waals surface area contributed by atoms with E-state index in [9.17, 15) is 0 Å². The maximum atomic E-state index is 5.14. The summed E-state index contributed by atoms with van der Waals surface area (Å²) in [4.78, 5) is 0. The van der Waals surface area contributed by atoms with Crippen LogP contribution in [0.1, 0.15) is 11.3 Å². The van der Waals surface area contributed by atoms with Gasteiger partial charge in [0.25, 0.3) is 0 Å². The van der Waals surface area contributed by atoms with Crippen molar-refractivity contribution in [2.75, 3.05) is 5.32 Å². The second-order valence-corrected chi connectivity index (χ2v) is 4.02. The number of thiocarbonyl (C=S) groups is 1. The molecule has 2 rings (SSSR count). The standard InChI is InChI=1S/C12H13N3OS/c1-9-7-11(15-16-9)14-12(17)13-8-10-5-3-2-4-6-10/h2-7H,8H2,1H3,(H2,13,14,15,17). The van der Waals surface area contributed by atoms with Gasteiger partial charge in [-0.15, -0.1) is 0 Å². The van der Waals surface area contributed by atoms with Gasteiger partial charge in [0.15, 0.2) is 10.9 Å². The second-order valence-electron chi connectivity index (χ2n) is 3.62. The number of hydrogen-bond acceptors (Lipinski definition) is 3. The minimum absolute atomic E-state index is 0.530. The smallest absolute Gasteiger partial charge is 0.175 e. The van der Waals surface area contributed by atoms with Crippen molar-refractivity contribution in [3.63, 3.8) is 0 Å². The van der Waals surface area contributed by atoms with Gasteiger partial charge in [-0.2, -0.15) is 0 Å². The zero-order valence-electron chi connectivity index (χ0n) is 9.43. The predicted octanol–water partition coefficient (Wildman–Crippen LogP) is 2.47. The van der Waals surface area contributed by atoms with Crippen LogP contribution in [0.5, 0.6) is 0 Å². The molecule has 0 aliphatic rings. The van der Waals surface area contributed by atoms with E-state index in [1.54, 1.807) is 6.07 Å². The Kier molecular flexibility index (Phi) is 3.72. The normalized spacial score (nSPS) is 9.94. The molecule has 0 spiro atoms. The van der Waals surface area contributed by atoms with Crippen molar-refractivity contribution in [2.45, 2.75) is 13.5 Å². The summed E-state index contributed by atoms with van der Waals surface area (Å²) in [5.41, 5.74) is 1.17. The summed E-state index contributed by atoms with van der Waals surface area (Å²) in [5.74, 6) is 1.37. The molecular formula is C12H13N3OS. The molecule has 0 atom stereocenters. The van der Waals surface area contributed by atoms with Crippen molar-refractivity contribution in [3.05, 3.63) is 47.7 Å². The highest BCUT2D eigenvalue weighted by molar-refractivity contribution is 7.80. The largest absolute Gasteiger partial charge is 0.360 e. The first-order chi connectivity index (χ1) is 8.24. The number of nitrogens with one attached hydrogen (secondary N) is 2. The van der Waals surface area contributed by atoms with Crippen LogP contribution in [0.2, 0.25) is 0 Å². The lowest BCUT2D eigenvalue weighted by Gasteiger charge is -2.07. The van der Waals surface area contributed by atoms with Crippen LogP contribution in [-0.4, -0.2) is 10.3 Å². The van der Waals surface area contributed by atoms with Crippen LogP contribution in [0.4, 0.5) is 5.82 Å². The van der Waals surface area contributed by atoms with Crippen molar-refractivity contribution in [1.82, 2.24) is 10.5 Å². The van der Waals surface area contributed by atoms with Crippen LogP contribution in [0.25, 0.3) is 0 Å². The number of nitrogens with zero attached hydrogens (tertiary/aromatic N) is 1. The molecule has 88 valence electrons. The Hall–Kier alpha value is -1.88. The van der Waals surface area contributed by atoms with E-state index in [0.29, 0.717) is 17.5 Å². The third-order valence-electron chi connectivity index (χ3n) is 2.17. The first-order valence-corrected chi connectivity index (χ1v) is 5.67. The molecule has 0 unspecified atom stereocenters. The summed E-state index contributed by atoms with van der Waals surface area (Å²) in [5, 5.41) is 10.4. The summed E-state index contributed by atoms with van der Waals surface area (Å²) in [7, 11) is 0. The van der Waals surface area contributed by atoms with Gasteiger partial charge in [0.05, 0.1) is 0 Å². The number of rotatable bonds is 3. The molecule has 2 N–H and O–H groups in total. The highest BCUT2D eigenvalue weighted by Crippen LogP contribution is 2.06. The summed E-state index contributed by atoms with van der Waals surface area (Å²) in [6.07, 6.45) is 0. The van der Waals surface area contributed by atoms with E-state index in [-0.39, 0.29) is 0 Å². The minimum atomic E-state index is 0.530. The molecule has 1 heterocycles. The van der Waals surface area contributed by atoms with E-state index in [4.69, 9.17) is 16.7 Å². The number of hydrogen-bond donors (Lipinski definition) is 2. The van der Waals surface area contributed by atoms with E-state index >= 15 is 0 Å². The van der Waals surface area contributed by atoms with E-state index < -0.39 is 0 Å². The van der Waals surface area contributed by atoms with Crippen LogP contribution < -0.4 is 10.6 Å². The molecule has 5 heteroatoms. The SMILES string of the molecule is Cc1cc(NC(=S)NCc2ccccc2)no1. The Morgan fingerprint density at radius 2 is 2.12 bits per heavy atom. The highest BCUT2D eigenvalue weighted by atomic mass is 32.1. The molecule has 4 nitrogen and oxygen atoms in total. The van der Waals surface area contributed by atoms with Gasteiger partial charge < -0.3 is 15.2 Å². The molecule has 0 aliphatic heterocycles. The fourth-order valence-corrected chi connectivity index (χ4v) is 1.54. The average molecular weight is 247 g/mol. The van der Waals surface area contributed by atoms with E-state index in [0.717, 1.165) is 5.76 Å². The Labute approximate surface area is 105 Å². The van der Waals surface area contributed by atoms with Crippen molar-refractivity contribution in [3.8, 4) is 0 Å². The third kappa shape index (κ3) is 3.57. The number of anilines is 1. The topological polar surface area (TPSA) is 50.1 Å². The van der Waals surface area contributed by atoms with Gasteiger partial charge in [-0.3, -0.25) is 0 Å². The van der Waals surface area contributed by atoms with Gasteiger partial charge in [-0.1, -0.05) is 35.5 Å². The van der Waals surface area contributed by atoms with Gasteiger partial charge in [0, 0.05) is 12.6 Å². The van der Waals surface area contributed by atoms with Gasteiger partial charge in [-0.25, -0.2) is 0 Å². The Morgan fingerprint density at radius 1 is 1.35 bits per heavy atom. The lowest BCUT2D eigenvalue weighted by Crippen LogP contribution is -2.27. The minimum Gasteiger partial charge on any atom is -0.360 e. The molecule has 17 heavy (non-hydrogen) atoms. The van der Waals surface area contributed by atoms with Crippen molar-refractivity contribution in [2.24, 2.45) is 0 Å². The fourth-order valence-electron chi connectivity index (χ4n) is 1.36. The lowest BCUT2D eigenvalue weighted by molar-refractivity contribution is 0.400. The molecule has 1 aromatic carbocycles. The first-order valence-electron chi connectivity index (χ1n) is 5.26. The van der Waals surface area contributed by atoms with Gasteiger partial charge in [0.2, 0.25) is 0 Å². The highest BCUT2D eigenvalue weighted by Gasteiger charge is 2.02. The zero-order valence-corrected chi connectivity index (χ0v) is 10.3. The van der Waals surface area contributed by atoms with E-state index in [2.05, 4.69) is 15.8 Å². The number of aryl methyl sites for hydroxylation is 1. The first kappa shape index (κ1) is 11.6. The molecule has 2 aromatic rings. The summed E-state index contributed by atoms with van der Waals surface area (Å²) in [6.45, 7) is 2.52. The zero-order chi connectivity index (χ0) is 12.1. The number of aromatic nitrogens is 1. The van der Waals surface area contributed by atoms with Crippen LogP contribution in [0.15, 0.2) is 40.9 Å². The predicted molar refractivity (Wildman–Crippen MR) is 70.7 cm³/mol. The average Bonchev–Trinajstić information content (AvgIpc) is 2.73. The quantitative estimate of drug-likeness (QED) is 0.816. The van der Waals surface area contributed by atoms with Crippen molar-refractivity contribution in [1.29, 1.82) is 0 Å². The van der Waals surface area contributed by atoms with Crippen LogP contribution in [0.3, 0.4) is 0 Å². The molecule has 0 amide bonds. The maximum Gasteiger partial charge on any atom is 0.175 e. The van der Waals surface area contributed by atoms with Crippen molar-refractivity contribution < 1.29 is 4.52 Å². The molecule has 0 radical (unpaired) electrons. The monoisotopic (exact) mass is 247 g/mol. The summed E-state index contributed by atoms with van der Waals surface area (Å²) < 4.78 is 4.93. The van der Waals surface area contributed by atoms with Gasteiger partial charge in [0.1, 0.15) is 5.76 Å². The summed E-state index contributed by atoms with van der Waals surface area (Å²) >= 11 is 5.14. The molecular weight excluding hydrogens is 234 g/mol. The lowest BCUT2D eigenvalue weighted by atomic mass is 10.2. The van der Waals surface area contributed by atoms with E-state index in [1.807, 2.05) is 37.3 Å². The molecule has 0 aliphatic carbocycles. The van der Waals surface area contributed by atoms with Crippen LogP contribution in [-0.2, 0) is 6.54 Å². The van der Waals surface area contributed by atoms with E-state index in [1.165, 1.54) is 5.56 Å². The van der Waals surface area contributed by atoms with Crippen LogP contribution >= 0.6 is 12.2 Å². The number of benzene rings is 1. The van der Waals surface area contributed by atoms with Gasteiger partial charge in [-0.05, 0) is 24.7 Å². The second kappa shape index (κ2) is 5.45. The molecule has 0 saturated carbocycles. The Balaban J connectivity index is 1.82. The molecule has 0 bridgehead atoms. The third-order valence-corrected chi connectivity index (χ3v) is 2.41. The fraction of sp³-hybridized carbons (Fsp3) is 0.167.